The van der Waals surface area contributed by atoms with E-state index in [9.17, 15) is 4.21 Å². The van der Waals surface area contributed by atoms with Gasteiger partial charge in [0, 0.05) is 27.1 Å². The fraction of sp³-hybridized carbons (Fsp3) is 0.571. The molecule has 0 heterocycles. The van der Waals surface area contributed by atoms with Crippen molar-refractivity contribution in [2.45, 2.75) is 42.7 Å². The molecule has 0 aromatic heterocycles. The van der Waals surface area contributed by atoms with Crippen molar-refractivity contribution >= 4 is 22.4 Å². The molecule has 0 spiro atoms. The van der Waals surface area contributed by atoms with Crippen LogP contribution in [0.25, 0.3) is 0 Å². The highest BCUT2D eigenvalue weighted by molar-refractivity contribution is 7.84. The van der Waals surface area contributed by atoms with Crippen molar-refractivity contribution in [1.29, 1.82) is 0 Å². The van der Waals surface area contributed by atoms with Crippen LogP contribution in [-0.4, -0.2) is 22.5 Å². The van der Waals surface area contributed by atoms with Crippen LogP contribution in [0, 0.1) is 0 Å². The lowest BCUT2D eigenvalue weighted by molar-refractivity contribution is 0.398. The second kappa shape index (κ2) is 6.69. The van der Waals surface area contributed by atoms with Crippen LogP contribution >= 0.6 is 11.6 Å². The Balaban J connectivity index is 1.97. The van der Waals surface area contributed by atoms with Crippen LogP contribution in [0.2, 0.25) is 5.02 Å². The summed E-state index contributed by atoms with van der Waals surface area (Å²) in [5, 5.41) is 4.34. The summed E-state index contributed by atoms with van der Waals surface area (Å²) in [6.07, 6.45) is 4.48. The summed E-state index contributed by atoms with van der Waals surface area (Å²) in [7, 11) is 1.18. The van der Waals surface area contributed by atoms with Crippen LogP contribution in [0.1, 0.15) is 31.2 Å². The Bertz CT molecular complexity index is 424. The summed E-state index contributed by atoms with van der Waals surface area (Å²) < 4.78 is 12.4. The molecule has 0 saturated heterocycles. The van der Waals surface area contributed by atoms with Crippen molar-refractivity contribution < 1.29 is 4.21 Å². The van der Waals surface area contributed by atoms with Crippen LogP contribution in [0.3, 0.4) is 0 Å². The predicted molar refractivity (Wildman–Crippen MR) is 78.4 cm³/mol. The highest BCUT2D eigenvalue weighted by Gasteiger charge is 2.25. The SMILES string of the molecule is CNC1CCCC(S(=O)Cc2ccccc2Cl)C1. The van der Waals surface area contributed by atoms with Crippen LogP contribution in [0.4, 0.5) is 0 Å². The zero-order valence-electron chi connectivity index (χ0n) is 10.7. The summed E-state index contributed by atoms with van der Waals surface area (Å²) in [6.45, 7) is 0. The highest BCUT2D eigenvalue weighted by atomic mass is 35.5. The van der Waals surface area contributed by atoms with Gasteiger partial charge in [0.2, 0.25) is 0 Å². The van der Waals surface area contributed by atoms with Crippen molar-refractivity contribution in [3.05, 3.63) is 34.9 Å². The summed E-state index contributed by atoms with van der Waals surface area (Å²) in [4.78, 5) is 0. The largest absolute Gasteiger partial charge is 0.317 e. The molecule has 0 radical (unpaired) electrons. The molecule has 1 N–H and O–H groups in total. The highest BCUT2D eigenvalue weighted by Crippen LogP contribution is 2.25. The minimum absolute atomic E-state index is 0.312. The molecule has 18 heavy (non-hydrogen) atoms. The van der Waals surface area contributed by atoms with Gasteiger partial charge in [-0.2, -0.15) is 0 Å². The Hall–Kier alpha value is -0.380. The quantitative estimate of drug-likeness (QED) is 0.921. The summed E-state index contributed by atoms with van der Waals surface area (Å²) >= 11 is 6.12. The first-order chi connectivity index (χ1) is 8.70. The van der Waals surface area contributed by atoms with E-state index in [1.54, 1.807) is 0 Å². The number of benzene rings is 1. The van der Waals surface area contributed by atoms with Gasteiger partial charge in [-0.3, -0.25) is 4.21 Å². The average Bonchev–Trinajstić information content (AvgIpc) is 2.41. The van der Waals surface area contributed by atoms with Crippen molar-refractivity contribution in [2.75, 3.05) is 7.05 Å². The second-order valence-corrected chi connectivity index (χ2v) is 7.01. The van der Waals surface area contributed by atoms with Crippen molar-refractivity contribution in [2.24, 2.45) is 0 Å². The number of hydrogen-bond donors (Lipinski definition) is 1. The maximum atomic E-state index is 12.4. The fourth-order valence-electron chi connectivity index (χ4n) is 2.53. The van der Waals surface area contributed by atoms with Gasteiger partial charge in [0.15, 0.2) is 0 Å². The first-order valence-corrected chi connectivity index (χ1v) is 8.24. The first-order valence-electron chi connectivity index (χ1n) is 6.48. The van der Waals surface area contributed by atoms with E-state index in [1.807, 2.05) is 31.3 Å². The number of nitrogens with one attached hydrogen (secondary N) is 1. The van der Waals surface area contributed by atoms with Gasteiger partial charge in [-0.1, -0.05) is 36.2 Å². The Labute approximate surface area is 117 Å². The fourth-order valence-corrected chi connectivity index (χ4v) is 4.48. The van der Waals surface area contributed by atoms with Crippen molar-refractivity contribution in [3.8, 4) is 0 Å². The molecule has 2 nitrogen and oxygen atoms in total. The maximum Gasteiger partial charge on any atom is 0.0503 e. The topological polar surface area (TPSA) is 29.1 Å². The van der Waals surface area contributed by atoms with Gasteiger partial charge in [0.05, 0.1) is 5.75 Å². The Morgan fingerprint density at radius 3 is 2.89 bits per heavy atom. The summed E-state index contributed by atoms with van der Waals surface area (Å²) in [5.74, 6) is 0.584. The Kier molecular flexibility index (Phi) is 5.22. The molecule has 0 amide bonds. The van der Waals surface area contributed by atoms with E-state index in [1.165, 1.54) is 12.8 Å². The number of halogens is 1. The molecule has 2 rings (SSSR count). The van der Waals surface area contributed by atoms with Gasteiger partial charge in [-0.25, -0.2) is 0 Å². The standard InChI is InChI=1S/C14H20ClNOS/c1-16-12-6-4-7-13(9-12)18(17)10-11-5-2-3-8-14(11)15/h2-3,5,8,12-13,16H,4,6-7,9-10H2,1H3. The van der Waals surface area contributed by atoms with Gasteiger partial charge in [-0.05, 0) is 37.9 Å². The Morgan fingerprint density at radius 2 is 2.17 bits per heavy atom. The molecule has 1 fully saturated rings. The van der Waals surface area contributed by atoms with Gasteiger partial charge in [0.1, 0.15) is 0 Å². The lowest BCUT2D eigenvalue weighted by Crippen LogP contribution is -2.35. The van der Waals surface area contributed by atoms with Gasteiger partial charge >= 0.3 is 0 Å². The molecular weight excluding hydrogens is 266 g/mol. The second-order valence-electron chi connectivity index (χ2n) is 4.89. The van der Waals surface area contributed by atoms with Gasteiger partial charge in [-0.15, -0.1) is 0 Å². The Morgan fingerprint density at radius 1 is 1.39 bits per heavy atom. The van der Waals surface area contributed by atoms with E-state index in [0.29, 0.717) is 17.0 Å². The van der Waals surface area contributed by atoms with Crippen LogP contribution in [-0.2, 0) is 16.6 Å². The molecule has 4 heteroatoms. The van der Waals surface area contributed by atoms with Crippen molar-refractivity contribution in [3.63, 3.8) is 0 Å². The lowest BCUT2D eigenvalue weighted by Gasteiger charge is -2.28. The third kappa shape index (κ3) is 3.56. The smallest absolute Gasteiger partial charge is 0.0503 e. The molecule has 1 aliphatic carbocycles. The minimum Gasteiger partial charge on any atom is -0.317 e. The third-order valence-corrected chi connectivity index (χ3v) is 5.80. The molecule has 0 bridgehead atoms. The number of hydrogen-bond acceptors (Lipinski definition) is 2. The van der Waals surface area contributed by atoms with Crippen LogP contribution < -0.4 is 5.32 Å². The van der Waals surface area contributed by atoms with E-state index >= 15 is 0 Å². The van der Waals surface area contributed by atoms with Crippen LogP contribution in [0.15, 0.2) is 24.3 Å². The molecule has 3 unspecified atom stereocenters. The van der Waals surface area contributed by atoms with Crippen LogP contribution in [0.5, 0.6) is 0 Å². The molecule has 3 atom stereocenters. The van der Waals surface area contributed by atoms with E-state index < -0.39 is 10.8 Å². The lowest BCUT2D eigenvalue weighted by atomic mass is 9.95. The third-order valence-electron chi connectivity index (χ3n) is 3.66. The number of rotatable bonds is 4. The monoisotopic (exact) mass is 285 g/mol. The normalized spacial score (nSPS) is 25.9. The van der Waals surface area contributed by atoms with Gasteiger partial charge in [0.25, 0.3) is 0 Å². The van der Waals surface area contributed by atoms with E-state index in [4.69, 9.17) is 11.6 Å². The molecule has 1 aromatic rings. The average molecular weight is 286 g/mol. The van der Waals surface area contributed by atoms with E-state index in [0.717, 1.165) is 23.4 Å². The summed E-state index contributed by atoms with van der Waals surface area (Å²) in [5.41, 5.74) is 1.00. The van der Waals surface area contributed by atoms with Crippen molar-refractivity contribution in [1.82, 2.24) is 5.32 Å². The molecule has 0 aliphatic heterocycles. The molecule has 100 valence electrons. The predicted octanol–water partition coefficient (Wildman–Crippen LogP) is 3.12. The van der Waals surface area contributed by atoms with E-state index in [-0.39, 0.29) is 0 Å². The molecule has 1 aromatic carbocycles. The van der Waals surface area contributed by atoms with Gasteiger partial charge < -0.3 is 5.32 Å². The first kappa shape index (κ1) is 14.0. The minimum atomic E-state index is -0.814. The zero-order chi connectivity index (χ0) is 13.0. The summed E-state index contributed by atoms with van der Waals surface area (Å²) in [6, 6.07) is 8.23. The molecule has 1 saturated carbocycles. The molecular formula is C14H20ClNOS. The maximum absolute atomic E-state index is 12.4. The molecule has 1 aliphatic rings. The van der Waals surface area contributed by atoms with E-state index in [2.05, 4.69) is 5.32 Å². The zero-order valence-corrected chi connectivity index (χ0v) is 12.3.